The average Bonchev–Trinajstić information content (AvgIpc) is 3.31. The highest BCUT2D eigenvalue weighted by atomic mass is 16.5. The molecule has 8 aromatic carbocycles. The van der Waals surface area contributed by atoms with E-state index < -0.39 is 0 Å². The zero-order valence-electron chi connectivity index (χ0n) is 26.3. The van der Waals surface area contributed by atoms with Crippen molar-refractivity contribution in [1.29, 1.82) is 0 Å². The molecule has 48 heavy (non-hydrogen) atoms. The number of nitrogens with zero attached hydrogens (tertiary/aromatic N) is 1. The van der Waals surface area contributed by atoms with Gasteiger partial charge < -0.3 is 9.64 Å². The first-order chi connectivity index (χ1) is 23.8. The fraction of sp³-hybridized carbons (Fsp3) is 0. The van der Waals surface area contributed by atoms with Gasteiger partial charge in [0.1, 0.15) is 11.5 Å². The number of anilines is 3. The smallest absolute Gasteiger partial charge is 0.137 e. The van der Waals surface area contributed by atoms with Gasteiger partial charge in [0.2, 0.25) is 0 Å². The maximum Gasteiger partial charge on any atom is 0.137 e. The van der Waals surface area contributed by atoms with E-state index in [0.29, 0.717) is 0 Å². The van der Waals surface area contributed by atoms with E-state index in [0.717, 1.165) is 61.9 Å². The molecule has 0 amide bonds. The number of rotatable bonds is 5. The summed E-state index contributed by atoms with van der Waals surface area (Å²) in [5, 5.41) is 2.41. The van der Waals surface area contributed by atoms with Crippen LogP contribution in [-0.4, -0.2) is 0 Å². The SMILES string of the molecule is c1ccc(-c2ccc(N(c3ccc4ccccc4c3)c3cccc4c3-c3ccccc3-c3c(cccc3-c3ccccc3)O4)cc2)cc1. The minimum Gasteiger partial charge on any atom is -0.456 e. The maximum absolute atomic E-state index is 6.93. The van der Waals surface area contributed by atoms with Crippen LogP contribution in [0.25, 0.3) is 55.3 Å². The van der Waals surface area contributed by atoms with Gasteiger partial charge in [-0.05, 0) is 86.6 Å². The Bertz CT molecular complexity index is 2410. The minimum atomic E-state index is 0.829. The van der Waals surface area contributed by atoms with Crippen molar-refractivity contribution in [3.05, 3.63) is 188 Å². The van der Waals surface area contributed by atoms with E-state index in [-0.39, 0.29) is 0 Å². The third-order valence-electron chi connectivity index (χ3n) is 9.27. The zero-order chi connectivity index (χ0) is 31.9. The van der Waals surface area contributed by atoms with E-state index in [1.54, 1.807) is 0 Å². The lowest BCUT2D eigenvalue weighted by atomic mass is 9.88. The van der Waals surface area contributed by atoms with Crippen LogP contribution in [-0.2, 0) is 0 Å². The first-order valence-corrected chi connectivity index (χ1v) is 16.4. The number of ether oxygens (including phenoxy) is 1. The van der Waals surface area contributed by atoms with Crippen molar-refractivity contribution in [3.63, 3.8) is 0 Å². The largest absolute Gasteiger partial charge is 0.456 e. The van der Waals surface area contributed by atoms with Gasteiger partial charge in [0.05, 0.1) is 5.69 Å². The summed E-state index contributed by atoms with van der Waals surface area (Å²) in [4.78, 5) is 2.37. The third-order valence-corrected chi connectivity index (χ3v) is 9.27. The van der Waals surface area contributed by atoms with Crippen molar-refractivity contribution >= 4 is 27.8 Å². The molecule has 0 unspecified atom stereocenters. The molecule has 0 radical (unpaired) electrons. The van der Waals surface area contributed by atoms with Gasteiger partial charge in [-0.2, -0.15) is 0 Å². The Hall–Kier alpha value is -6.38. The normalized spacial score (nSPS) is 11.5. The highest BCUT2D eigenvalue weighted by Gasteiger charge is 2.28. The molecular formula is C46H31NO. The molecule has 0 aromatic heterocycles. The Morgan fingerprint density at radius 2 is 0.875 bits per heavy atom. The van der Waals surface area contributed by atoms with Crippen LogP contribution in [0.4, 0.5) is 17.1 Å². The Balaban J connectivity index is 1.28. The van der Waals surface area contributed by atoms with Crippen LogP contribution < -0.4 is 9.64 Å². The first-order valence-electron chi connectivity index (χ1n) is 16.4. The highest BCUT2D eigenvalue weighted by Crippen LogP contribution is 2.54. The Labute approximate surface area is 280 Å². The lowest BCUT2D eigenvalue weighted by Gasteiger charge is -2.29. The molecule has 1 aliphatic rings. The summed E-state index contributed by atoms with van der Waals surface area (Å²) in [5.74, 6) is 1.68. The minimum absolute atomic E-state index is 0.829. The summed E-state index contributed by atoms with van der Waals surface area (Å²) >= 11 is 0. The molecule has 226 valence electrons. The Morgan fingerprint density at radius 3 is 1.62 bits per heavy atom. The lowest BCUT2D eigenvalue weighted by molar-refractivity contribution is 0.488. The summed E-state index contributed by atoms with van der Waals surface area (Å²) in [7, 11) is 0. The molecule has 2 heteroatoms. The molecule has 0 saturated heterocycles. The molecule has 0 spiro atoms. The van der Waals surface area contributed by atoms with Crippen LogP contribution in [0.1, 0.15) is 0 Å². The van der Waals surface area contributed by atoms with Crippen molar-refractivity contribution in [2.45, 2.75) is 0 Å². The molecule has 8 aromatic rings. The summed E-state index contributed by atoms with van der Waals surface area (Å²) in [6.07, 6.45) is 0. The first kappa shape index (κ1) is 27.9. The van der Waals surface area contributed by atoms with Gasteiger partial charge in [0.25, 0.3) is 0 Å². The van der Waals surface area contributed by atoms with E-state index in [4.69, 9.17) is 4.74 Å². The second kappa shape index (κ2) is 11.8. The molecule has 2 nitrogen and oxygen atoms in total. The molecule has 0 atom stereocenters. The van der Waals surface area contributed by atoms with Crippen LogP contribution in [0.5, 0.6) is 11.5 Å². The molecule has 1 heterocycles. The van der Waals surface area contributed by atoms with Gasteiger partial charge in [0.15, 0.2) is 0 Å². The highest BCUT2D eigenvalue weighted by molar-refractivity contribution is 6.02. The van der Waals surface area contributed by atoms with E-state index in [9.17, 15) is 0 Å². The monoisotopic (exact) mass is 613 g/mol. The number of benzene rings is 8. The van der Waals surface area contributed by atoms with Gasteiger partial charge in [-0.15, -0.1) is 0 Å². The second-order valence-electron chi connectivity index (χ2n) is 12.1. The van der Waals surface area contributed by atoms with Crippen molar-refractivity contribution in [3.8, 4) is 56.0 Å². The molecule has 0 aliphatic carbocycles. The van der Waals surface area contributed by atoms with E-state index in [1.165, 1.54) is 21.9 Å². The second-order valence-corrected chi connectivity index (χ2v) is 12.1. The van der Waals surface area contributed by atoms with E-state index in [2.05, 4.69) is 193 Å². The molecule has 0 N–H and O–H groups in total. The summed E-state index contributed by atoms with van der Waals surface area (Å²) < 4.78 is 6.93. The lowest BCUT2D eigenvalue weighted by Crippen LogP contribution is -2.11. The Morgan fingerprint density at radius 1 is 0.333 bits per heavy atom. The van der Waals surface area contributed by atoms with Crippen LogP contribution in [0.15, 0.2) is 188 Å². The quantitative estimate of drug-likeness (QED) is 0.191. The van der Waals surface area contributed by atoms with Crippen LogP contribution in [0.3, 0.4) is 0 Å². The predicted molar refractivity (Wildman–Crippen MR) is 200 cm³/mol. The van der Waals surface area contributed by atoms with Crippen LogP contribution >= 0.6 is 0 Å². The van der Waals surface area contributed by atoms with Crippen LogP contribution in [0, 0.1) is 0 Å². The molecule has 0 bridgehead atoms. The standard InChI is InChI=1S/C46H31NO/c1-3-13-32(14-4-1)34-25-28-37(29-26-34)47(38-30-27-33-15-7-8-18-36(33)31-38)42-22-12-24-44-46(42)41-20-10-9-19-40(41)45-39(21-11-23-43(45)48-44)35-16-5-2-6-17-35/h1-31H. The molecule has 9 rings (SSSR count). The average molecular weight is 614 g/mol. The van der Waals surface area contributed by atoms with E-state index in [1.807, 2.05) is 0 Å². The number of fused-ring (bicyclic) bond motifs is 6. The molecule has 1 aliphatic heterocycles. The van der Waals surface area contributed by atoms with Gasteiger partial charge in [-0.1, -0.05) is 146 Å². The fourth-order valence-electron chi connectivity index (χ4n) is 7.03. The number of hydrogen-bond acceptors (Lipinski definition) is 2. The van der Waals surface area contributed by atoms with Crippen LogP contribution in [0.2, 0.25) is 0 Å². The topological polar surface area (TPSA) is 12.5 Å². The van der Waals surface area contributed by atoms with Crippen molar-refractivity contribution < 1.29 is 4.74 Å². The summed E-state index contributed by atoms with van der Waals surface area (Å²) in [5.41, 5.74) is 12.3. The summed E-state index contributed by atoms with van der Waals surface area (Å²) in [6.45, 7) is 0. The fourth-order valence-corrected chi connectivity index (χ4v) is 7.03. The van der Waals surface area contributed by atoms with Gasteiger partial charge in [-0.25, -0.2) is 0 Å². The third kappa shape index (κ3) is 4.83. The number of hydrogen-bond donors (Lipinski definition) is 0. The van der Waals surface area contributed by atoms with Crippen molar-refractivity contribution in [2.24, 2.45) is 0 Å². The zero-order valence-corrected chi connectivity index (χ0v) is 26.3. The van der Waals surface area contributed by atoms with E-state index >= 15 is 0 Å². The van der Waals surface area contributed by atoms with Gasteiger partial charge in [-0.3, -0.25) is 0 Å². The Kier molecular flexibility index (Phi) is 6.84. The summed E-state index contributed by atoms with van der Waals surface area (Å²) in [6, 6.07) is 66.8. The van der Waals surface area contributed by atoms with Gasteiger partial charge in [0, 0.05) is 22.5 Å². The predicted octanol–water partition coefficient (Wildman–Crippen LogP) is 13.1. The van der Waals surface area contributed by atoms with Crippen molar-refractivity contribution in [2.75, 3.05) is 4.90 Å². The molecule has 0 saturated carbocycles. The maximum atomic E-state index is 6.93. The van der Waals surface area contributed by atoms with Gasteiger partial charge >= 0.3 is 0 Å². The molecular weight excluding hydrogens is 583 g/mol. The van der Waals surface area contributed by atoms with Crippen molar-refractivity contribution in [1.82, 2.24) is 0 Å². The molecule has 0 fully saturated rings.